The van der Waals surface area contributed by atoms with E-state index in [4.69, 9.17) is 4.74 Å². The molecule has 0 bridgehead atoms. The number of amides is 1. The predicted molar refractivity (Wildman–Crippen MR) is 111 cm³/mol. The third kappa shape index (κ3) is 4.52. The van der Waals surface area contributed by atoms with E-state index in [1.807, 2.05) is 39.0 Å². The molecule has 3 rings (SSSR count). The predicted octanol–water partition coefficient (Wildman–Crippen LogP) is 2.65. The van der Waals surface area contributed by atoms with Crippen molar-refractivity contribution >= 4 is 17.5 Å². The zero-order valence-corrected chi connectivity index (χ0v) is 17.1. The summed E-state index contributed by atoms with van der Waals surface area (Å²) in [7, 11) is 1.70. The summed E-state index contributed by atoms with van der Waals surface area (Å²) in [6.45, 7) is 9.18. The highest BCUT2D eigenvalue weighted by Gasteiger charge is 2.22. The van der Waals surface area contributed by atoms with E-state index < -0.39 is 0 Å². The number of carbonyl (C=O) groups is 1. The van der Waals surface area contributed by atoms with Crippen LogP contribution in [0.15, 0.2) is 30.3 Å². The molecule has 1 unspecified atom stereocenters. The van der Waals surface area contributed by atoms with Gasteiger partial charge in [0.25, 0.3) is 5.91 Å². The van der Waals surface area contributed by atoms with E-state index in [1.165, 1.54) is 0 Å². The second-order valence-electron chi connectivity index (χ2n) is 7.12. The number of methoxy groups -OCH3 is 1. The maximum absolute atomic E-state index is 12.5. The van der Waals surface area contributed by atoms with Crippen LogP contribution in [0.1, 0.15) is 36.5 Å². The minimum Gasteiger partial charge on any atom is -0.495 e. The fourth-order valence-electron chi connectivity index (χ4n) is 3.25. The second-order valence-corrected chi connectivity index (χ2v) is 7.12. The molecule has 150 valence electrons. The molecule has 0 aliphatic carbocycles. The Hall–Kier alpha value is -2.83. The highest BCUT2D eigenvalue weighted by atomic mass is 16.5. The van der Waals surface area contributed by atoms with Gasteiger partial charge >= 0.3 is 0 Å². The minimum atomic E-state index is -0.145. The van der Waals surface area contributed by atoms with Crippen molar-refractivity contribution < 1.29 is 9.53 Å². The Balaban J connectivity index is 1.71. The quantitative estimate of drug-likeness (QED) is 0.827. The average Bonchev–Trinajstić information content (AvgIpc) is 2.73. The highest BCUT2D eigenvalue weighted by molar-refractivity contribution is 5.92. The van der Waals surface area contributed by atoms with E-state index in [-0.39, 0.29) is 11.9 Å². The monoisotopic (exact) mass is 383 g/mol. The van der Waals surface area contributed by atoms with Gasteiger partial charge in [-0.2, -0.15) is 0 Å². The molecule has 1 N–H and O–H groups in total. The molecular formula is C21H29N5O2. The molecule has 0 saturated carbocycles. The van der Waals surface area contributed by atoms with Gasteiger partial charge in [0, 0.05) is 37.9 Å². The summed E-state index contributed by atoms with van der Waals surface area (Å²) >= 11 is 0. The highest BCUT2D eigenvalue weighted by Crippen LogP contribution is 2.28. The molecule has 2 heterocycles. The van der Waals surface area contributed by atoms with Crippen LogP contribution in [0.3, 0.4) is 0 Å². The summed E-state index contributed by atoms with van der Waals surface area (Å²) in [5, 5.41) is 2.97. The topological polar surface area (TPSA) is 70.6 Å². The largest absolute Gasteiger partial charge is 0.495 e. The zero-order valence-electron chi connectivity index (χ0n) is 17.1. The van der Waals surface area contributed by atoms with Crippen LogP contribution in [0.5, 0.6) is 5.75 Å². The van der Waals surface area contributed by atoms with Crippen molar-refractivity contribution in [1.82, 2.24) is 15.3 Å². The fourth-order valence-corrected chi connectivity index (χ4v) is 3.25. The smallest absolute Gasteiger partial charge is 0.270 e. The van der Waals surface area contributed by atoms with Gasteiger partial charge in [0.1, 0.15) is 11.4 Å². The summed E-state index contributed by atoms with van der Waals surface area (Å²) in [5.41, 5.74) is 2.32. The van der Waals surface area contributed by atoms with E-state index >= 15 is 0 Å². The molecule has 0 spiro atoms. The number of hydrogen-bond acceptors (Lipinski definition) is 6. The summed E-state index contributed by atoms with van der Waals surface area (Å²) in [6.07, 6.45) is 0.883. The van der Waals surface area contributed by atoms with Crippen molar-refractivity contribution in [2.75, 3.05) is 43.1 Å². The lowest BCUT2D eigenvalue weighted by molar-refractivity contribution is 0.0934. The van der Waals surface area contributed by atoms with Gasteiger partial charge in [0.15, 0.2) is 0 Å². The Bertz CT molecular complexity index is 818. The van der Waals surface area contributed by atoms with Gasteiger partial charge in [-0.25, -0.2) is 9.97 Å². The molecule has 28 heavy (non-hydrogen) atoms. The normalized spacial score (nSPS) is 15.3. The number of aryl methyl sites for hydroxylation is 1. The van der Waals surface area contributed by atoms with Crippen LogP contribution in [-0.2, 0) is 0 Å². The standard InChI is InChI=1S/C21H29N5O2/c1-5-15(2)22-20(27)17-14-16(3)23-21(24-17)26-12-10-25(11-13-26)18-8-6-7-9-19(18)28-4/h6-9,14-15H,5,10-13H2,1-4H3,(H,22,27). The first-order valence-corrected chi connectivity index (χ1v) is 9.81. The van der Waals surface area contributed by atoms with Crippen LogP contribution in [0, 0.1) is 6.92 Å². The summed E-state index contributed by atoms with van der Waals surface area (Å²) < 4.78 is 5.48. The lowest BCUT2D eigenvalue weighted by Gasteiger charge is -2.36. The van der Waals surface area contributed by atoms with E-state index in [9.17, 15) is 4.79 Å². The number of piperazine rings is 1. The molecule has 2 aromatic rings. The van der Waals surface area contributed by atoms with Crippen molar-refractivity contribution in [3.63, 3.8) is 0 Å². The number of aromatic nitrogens is 2. The van der Waals surface area contributed by atoms with Crippen molar-refractivity contribution in [2.45, 2.75) is 33.2 Å². The van der Waals surface area contributed by atoms with Crippen LogP contribution in [0.25, 0.3) is 0 Å². The molecule has 1 atom stereocenters. The molecule has 1 saturated heterocycles. The number of carbonyl (C=O) groups excluding carboxylic acids is 1. The number of nitrogens with zero attached hydrogens (tertiary/aromatic N) is 4. The lowest BCUT2D eigenvalue weighted by Crippen LogP contribution is -2.47. The number of hydrogen-bond donors (Lipinski definition) is 1. The Morgan fingerprint density at radius 2 is 1.86 bits per heavy atom. The van der Waals surface area contributed by atoms with E-state index in [0.717, 1.165) is 49.7 Å². The number of benzene rings is 1. The van der Waals surface area contributed by atoms with Crippen LogP contribution >= 0.6 is 0 Å². The number of ether oxygens (including phenoxy) is 1. The molecule has 1 aliphatic heterocycles. The van der Waals surface area contributed by atoms with E-state index in [0.29, 0.717) is 11.6 Å². The summed E-state index contributed by atoms with van der Waals surface area (Å²) in [4.78, 5) is 26.0. The van der Waals surface area contributed by atoms with Gasteiger partial charge in [-0.15, -0.1) is 0 Å². The van der Waals surface area contributed by atoms with Crippen molar-refractivity contribution in [3.05, 3.63) is 41.7 Å². The number of anilines is 2. The number of nitrogens with one attached hydrogen (secondary N) is 1. The molecule has 0 radical (unpaired) electrons. The first-order chi connectivity index (χ1) is 13.5. The van der Waals surface area contributed by atoms with Crippen LogP contribution in [-0.4, -0.2) is 55.2 Å². The van der Waals surface area contributed by atoms with E-state index in [1.54, 1.807) is 13.2 Å². The zero-order chi connectivity index (χ0) is 20.1. The Morgan fingerprint density at radius 1 is 1.18 bits per heavy atom. The van der Waals surface area contributed by atoms with Crippen LogP contribution in [0.2, 0.25) is 0 Å². The van der Waals surface area contributed by atoms with Gasteiger partial charge in [-0.1, -0.05) is 19.1 Å². The van der Waals surface area contributed by atoms with Gasteiger partial charge in [-0.05, 0) is 38.5 Å². The van der Waals surface area contributed by atoms with Crippen LogP contribution < -0.4 is 19.9 Å². The first-order valence-electron chi connectivity index (χ1n) is 9.81. The maximum atomic E-state index is 12.5. The number of para-hydroxylation sites is 2. The SMILES string of the molecule is CCC(C)NC(=O)c1cc(C)nc(N2CCN(c3ccccc3OC)CC2)n1. The maximum Gasteiger partial charge on any atom is 0.270 e. The fraction of sp³-hybridized carbons (Fsp3) is 0.476. The molecule has 1 fully saturated rings. The second kappa shape index (κ2) is 8.91. The first kappa shape index (κ1) is 19.9. The summed E-state index contributed by atoms with van der Waals surface area (Å²) in [6, 6.07) is 9.92. The average molecular weight is 383 g/mol. The van der Waals surface area contributed by atoms with Crippen molar-refractivity contribution in [2.24, 2.45) is 0 Å². The summed E-state index contributed by atoms with van der Waals surface area (Å²) in [5.74, 6) is 1.36. The Morgan fingerprint density at radius 3 is 2.54 bits per heavy atom. The third-order valence-corrected chi connectivity index (χ3v) is 5.05. The van der Waals surface area contributed by atoms with Crippen LogP contribution in [0.4, 0.5) is 11.6 Å². The van der Waals surface area contributed by atoms with Crippen molar-refractivity contribution in [1.29, 1.82) is 0 Å². The van der Waals surface area contributed by atoms with Gasteiger partial charge in [-0.3, -0.25) is 4.79 Å². The molecular weight excluding hydrogens is 354 g/mol. The van der Waals surface area contributed by atoms with Gasteiger partial charge < -0.3 is 19.9 Å². The molecule has 7 heteroatoms. The molecule has 7 nitrogen and oxygen atoms in total. The van der Waals surface area contributed by atoms with Gasteiger partial charge in [0.2, 0.25) is 5.95 Å². The number of rotatable bonds is 6. The molecule has 1 amide bonds. The molecule has 1 aromatic heterocycles. The lowest BCUT2D eigenvalue weighted by atomic mass is 10.2. The molecule has 1 aliphatic rings. The molecule has 1 aromatic carbocycles. The van der Waals surface area contributed by atoms with Crippen molar-refractivity contribution in [3.8, 4) is 5.75 Å². The van der Waals surface area contributed by atoms with Gasteiger partial charge in [0.05, 0.1) is 12.8 Å². The third-order valence-electron chi connectivity index (χ3n) is 5.05. The Labute approximate surface area is 166 Å². The minimum absolute atomic E-state index is 0.121. The Kier molecular flexibility index (Phi) is 6.34. The van der Waals surface area contributed by atoms with E-state index in [2.05, 4.69) is 31.2 Å².